The van der Waals surface area contributed by atoms with Gasteiger partial charge in [-0.3, -0.25) is 4.79 Å². The van der Waals surface area contributed by atoms with Crippen molar-refractivity contribution in [3.8, 4) is 5.75 Å². The molecule has 0 heterocycles. The maximum Gasteiger partial charge on any atom is 0.224 e. The molecule has 0 bridgehead atoms. The van der Waals surface area contributed by atoms with Crippen molar-refractivity contribution >= 4 is 21.8 Å². The van der Waals surface area contributed by atoms with Gasteiger partial charge in [-0.1, -0.05) is 18.2 Å². The molecule has 1 N–H and O–H groups in total. The zero-order chi connectivity index (χ0) is 16.8. The van der Waals surface area contributed by atoms with E-state index < -0.39 is 0 Å². The fourth-order valence-corrected chi connectivity index (χ4v) is 2.68. The summed E-state index contributed by atoms with van der Waals surface area (Å²) in [5.74, 6) is 0.335. The Morgan fingerprint density at radius 1 is 1.30 bits per heavy atom. The minimum atomic E-state index is -0.338. The number of ether oxygens (including phenoxy) is 1. The van der Waals surface area contributed by atoms with E-state index in [2.05, 4.69) is 21.2 Å². The monoisotopic (exact) mass is 379 g/mol. The summed E-state index contributed by atoms with van der Waals surface area (Å²) in [6, 6.07) is 12.1. The highest BCUT2D eigenvalue weighted by Gasteiger charge is 2.12. The number of hydrogen-bond acceptors (Lipinski definition) is 2. The van der Waals surface area contributed by atoms with Gasteiger partial charge in [0.2, 0.25) is 5.91 Å². The predicted molar refractivity (Wildman–Crippen MR) is 92.0 cm³/mol. The van der Waals surface area contributed by atoms with Crippen molar-refractivity contribution in [1.82, 2.24) is 5.32 Å². The van der Waals surface area contributed by atoms with Gasteiger partial charge in [-0.25, -0.2) is 4.39 Å². The summed E-state index contributed by atoms with van der Waals surface area (Å²) in [7, 11) is 0. The maximum absolute atomic E-state index is 13.2. The van der Waals surface area contributed by atoms with Crippen molar-refractivity contribution in [2.24, 2.45) is 0 Å². The molecule has 122 valence electrons. The number of rotatable bonds is 6. The van der Waals surface area contributed by atoms with E-state index in [9.17, 15) is 9.18 Å². The van der Waals surface area contributed by atoms with Crippen LogP contribution >= 0.6 is 15.9 Å². The highest BCUT2D eigenvalue weighted by atomic mass is 79.9. The van der Waals surface area contributed by atoms with Crippen molar-refractivity contribution in [3.05, 3.63) is 63.9 Å². The first kappa shape index (κ1) is 17.5. The summed E-state index contributed by atoms with van der Waals surface area (Å²) in [5.41, 5.74) is 1.73. The molecular weight excluding hydrogens is 361 g/mol. The lowest BCUT2D eigenvalue weighted by atomic mass is 10.1. The minimum absolute atomic E-state index is 0.113. The molecule has 1 amide bonds. The minimum Gasteiger partial charge on any atom is -0.494 e. The van der Waals surface area contributed by atoms with Gasteiger partial charge in [0.05, 0.1) is 23.5 Å². The Bertz CT molecular complexity index is 690. The second-order valence-corrected chi connectivity index (χ2v) is 6.07. The van der Waals surface area contributed by atoms with Crippen LogP contribution in [0, 0.1) is 5.82 Å². The van der Waals surface area contributed by atoms with Crippen molar-refractivity contribution < 1.29 is 13.9 Å². The van der Waals surface area contributed by atoms with E-state index in [-0.39, 0.29) is 24.2 Å². The molecule has 0 aromatic heterocycles. The predicted octanol–water partition coefficient (Wildman–Crippen LogP) is 4.41. The van der Waals surface area contributed by atoms with Crippen molar-refractivity contribution in [3.63, 3.8) is 0 Å². The highest BCUT2D eigenvalue weighted by molar-refractivity contribution is 9.10. The van der Waals surface area contributed by atoms with Crippen LogP contribution in [-0.2, 0) is 11.2 Å². The molecule has 2 rings (SSSR count). The third kappa shape index (κ3) is 5.06. The average Bonchev–Trinajstić information content (AvgIpc) is 2.51. The van der Waals surface area contributed by atoms with Crippen LogP contribution in [-0.4, -0.2) is 12.5 Å². The van der Waals surface area contributed by atoms with Crippen LogP contribution < -0.4 is 10.1 Å². The van der Waals surface area contributed by atoms with Crippen LogP contribution in [0.25, 0.3) is 0 Å². The van der Waals surface area contributed by atoms with E-state index in [1.165, 1.54) is 6.07 Å². The third-order valence-corrected chi connectivity index (χ3v) is 4.00. The molecule has 0 saturated carbocycles. The summed E-state index contributed by atoms with van der Waals surface area (Å²) < 4.78 is 19.0. The van der Waals surface area contributed by atoms with E-state index in [1.807, 2.05) is 38.1 Å². The van der Waals surface area contributed by atoms with Gasteiger partial charge in [0.15, 0.2) is 0 Å². The van der Waals surface area contributed by atoms with Gasteiger partial charge >= 0.3 is 0 Å². The zero-order valence-corrected chi connectivity index (χ0v) is 14.7. The number of nitrogens with one attached hydrogen (secondary N) is 1. The number of carbonyl (C=O) groups is 1. The lowest BCUT2D eigenvalue weighted by Crippen LogP contribution is -2.28. The summed E-state index contributed by atoms with van der Waals surface area (Å²) in [5, 5.41) is 2.94. The Hall–Kier alpha value is -1.88. The van der Waals surface area contributed by atoms with Crippen LogP contribution in [0.5, 0.6) is 5.75 Å². The molecule has 2 aromatic carbocycles. The van der Waals surface area contributed by atoms with E-state index >= 15 is 0 Å². The first-order valence-electron chi connectivity index (χ1n) is 7.45. The summed E-state index contributed by atoms with van der Waals surface area (Å²) >= 11 is 3.13. The molecule has 23 heavy (non-hydrogen) atoms. The molecule has 3 nitrogen and oxygen atoms in total. The van der Waals surface area contributed by atoms with E-state index in [0.717, 1.165) is 16.9 Å². The standard InChI is InChI=1S/C18H19BrFNO2/c1-3-23-15-6-4-5-14(11-15)12(2)21-18(22)10-13-7-8-17(20)16(19)9-13/h4-9,11-12H,3,10H2,1-2H3,(H,21,22). The molecular formula is C18H19BrFNO2. The smallest absolute Gasteiger partial charge is 0.224 e. The van der Waals surface area contributed by atoms with Crippen LogP contribution in [0.2, 0.25) is 0 Å². The molecule has 2 aromatic rings. The molecule has 5 heteroatoms. The van der Waals surface area contributed by atoms with Gasteiger partial charge in [-0.15, -0.1) is 0 Å². The van der Waals surface area contributed by atoms with Crippen LogP contribution in [0.15, 0.2) is 46.9 Å². The Morgan fingerprint density at radius 2 is 2.09 bits per heavy atom. The fraction of sp³-hybridized carbons (Fsp3) is 0.278. The quantitative estimate of drug-likeness (QED) is 0.807. The molecule has 1 atom stereocenters. The largest absolute Gasteiger partial charge is 0.494 e. The molecule has 0 fully saturated rings. The van der Waals surface area contributed by atoms with Gasteiger partial charge in [0, 0.05) is 0 Å². The molecule has 0 radical (unpaired) electrons. The second kappa shape index (κ2) is 8.11. The Kier molecular flexibility index (Phi) is 6.16. The number of amides is 1. The summed E-state index contributed by atoms with van der Waals surface area (Å²) in [6.45, 7) is 4.45. The van der Waals surface area contributed by atoms with Gasteiger partial charge < -0.3 is 10.1 Å². The van der Waals surface area contributed by atoms with Gasteiger partial charge in [-0.2, -0.15) is 0 Å². The third-order valence-electron chi connectivity index (χ3n) is 3.40. The molecule has 0 aliphatic carbocycles. The lowest BCUT2D eigenvalue weighted by Gasteiger charge is -2.15. The Morgan fingerprint density at radius 3 is 2.78 bits per heavy atom. The average molecular weight is 380 g/mol. The lowest BCUT2D eigenvalue weighted by molar-refractivity contribution is -0.121. The molecule has 0 spiro atoms. The normalized spacial score (nSPS) is 11.8. The number of carbonyl (C=O) groups excluding carboxylic acids is 1. The van der Waals surface area contributed by atoms with E-state index in [4.69, 9.17) is 4.74 Å². The molecule has 1 unspecified atom stereocenters. The first-order valence-corrected chi connectivity index (χ1v) is 8.25. The van der Waals surface area contributed by atoms with Gasteiger partial charge in [0.25, 0.3) is 0 Å². The summed E-state index contributed by atoms with van der Waals surface area (Å²) in [6.07, 6.45) is 0.203. The Balaban J connectivity index is 1.98. The number of hydrogen-bond donors (Lipinski definition) is 1. The van der Waals surface area contributed by atoms with Crippen LogP contribution in [0.1, 0.15) is 31.0 Å². The summed E-state index contributed by atoms with van der Waals surface area (Å²) in [4.78, 5) is 12.2. The second-order valence-electron chi connectivity index (χ2n) is 5.22. The molecule has 0 aliphatic heterocycles. The van der Waals surface area contributed by atoms with E-state index in [0.29, 0.717) is 11.1 Å². The van der Waals surface area contributed by atoms with Gasteiger partial charge in [-0.05, 0) is 65.2 Å². The van der Waals surface area contributed by atoms with Crippen LogP contribution in [0.4, 0.5) is 4.39 Å². The van der Waals surface area contributed by atoms with Crippen molar-refractivity contribution in [2.45, 2.75) is 26.3 Å². The van der Waals surface area contributed by atoms with Crippen molar-refractivity contribution in [2.75, 3.05) is 6.61 Å². The first-order chi connectivity index (χ1) is 11.0. The zero-order valence-electron chi connectivity index (χ0n) is 13.1. The molecule has 0 saturated heterocycles. The fourth-order valence-electron chi connectivity index (χ4n) is 2.25. The van der Waals surface area contributed by atoms with E-state index in [1.54, 1.807) is 12.1 Å². The topological polar surface area (TPSA) is 38.3 Å². The Labute approximate surface area is 144 Å². The van der Waals surface area contributed by atoms with Gasteiger partial charge in [0.1, 0.15) is 11.6 Å². The number of benzene rings is 2. The van der Waals surface area contributed by atoms with Crippen LogP contribution in [0.3, 0.4) is 0 Å². The maximum atomic E-state index is 13.2. The number of halogens is 2. The van der Waals surface area contributed by atoms with Crippen molar-refractivity contribution in [1.29, 1.82) is 0 Å². The highest BCUT2D eigenvalue weighted by Crippen LogP contribution is 2.20. The molecule has 0 aliphatic rings. The SMILES string of the molecule is CCOc1cccc(C(C)NC(=O)Cc2ccc(F)c(Br)c2)c1.